The molecule has 1 aromatic rings. The largest absolute Gasteiger partial charge is 0.370 e. The van der Waals surface area contributed by atoms with Crippen LogP contribution in [-0.4, -0.2) is 23.1 Å². The van der Waals surface area contributed by atoms with Gasteiger partial charge in [0.05, 0.1) is 0 Å². The van der Waals surface area contributed by atoms with Crippen molar-refractivity contribution in [1.29, 1.82) is 0 Å². The Morgan fingerprint density at radius 3 is 2.37 bits per heavy atom. The molecule has 0 aromatic carbocycles. The second kappa shape index (κ2) is 4.99. The van der Waals surface area contributed by atoms with Gasteiger partial charge < -0.3 is 10.6 Å². The van der Waals surface area contributed by atoms with Gasteiger partial charge in [-0.25, -0.2) is 9.97 Å². The van der Waals surface area contributed by atoms with Crippen LogP contribution in [0.25, 0.3) is 0 Å². The van der Waals surface area contributed by atoms with E-state index in [0.717, 1.165) is 42.9 Å². The summed E-state index contributed by atoms with van der Waals surface area (Å²) in [5.74, 6) is 3.82. The molecule has 1 aromatic heterocycles. The van der Waals surface area contributed by atoms with Gasteiger partial charge in [-0.2, -0.15) is 0 Å². The minimum Gasteiger partial charge on any atom is -0.370 e. The molecule has 2 fully saturated rings. The monoisotopic (exact) mass is 260 g/mol. The highest BCUT2D eigenvalue weighted by Crippen LogP contribution is 2.61. The number of aryl methyl sites for hydroxylation is 1. The Hall–Kier alpha value is -1.32. The van der Waals surface area contributed by atoms with Gasteiger partial charge >= 0.3 is 0 Å². The van der Waals surface area contributed by atoms with E-state index in [4.69, 9.17) is 0 Å². The average molecular weight is 260 g/mol. The maximum atomic E-state index is 4.58. The number of hydrogen-bond acceptors (Lipinski definition) is 4. The van der Waals surface area contributed by atoms with Gasteiger partial charge in [-0.15, -0.1) is 0 Å². The van der Waals surface area contributed by atoms with Gasteiger partial charge in [0, 0.05) is 25.6 Å². The summed E-state index contributed by atoms with van der Waals surface area (Å²) in [4.78, 5) is 9.07. The van der Waals surface area contributed by atoms with Crippen LogP contribution in [0.3, 0.4) is 0 Å². The van der Waals surface area contributed by atoms with Crippen molar-refractivity contribution in [1.82, 2.24) is 9.97 Å². The van der Waals surface area contributed by atoms with Crippen molar-refractivity contribution in [3.63, 3.8) is 0 Å². The van der Waals surface area contributed by atoms with Crippen LogP contribution in [0.5, 0.6) is 0 Å². The van der Waals surface area contributed by atoms with Crippen molar-refractivity contribution < 1.29 is 0 Å². The number of rotatable bonds is 7. The standard InChI is InChI=1S/C15H24N4/c1-3-12-18-13(16-4-2)9-14(19-12)17-10-15(7-8-15)11-5-6-11/h9,11H,3-8,10H2,1-2H3,(H2,16,17,18,19). The quantitative estimate of drug-likeness (QED) is 0.791. The Labute approximate surface area is 115 Å². The fraction of sp³-hybridized carbons (Fsp3) is 0.733. The fourth-order valence-corrected chi connectivity index (χ4v) is 2.87. The van der Waals surface area contributed by atoms with Gasteiger partial charge in [0.15, 0.2) is 0 Å². The molecule has 2 saturated carbocycles. The lowest BCUT2D eigenvalue weighted by molar-refractivity contribution is 0.466. The van der Waals surface area contributed by atoms with Crippen LogP contribution in [0.2, 0.25) is 0 Å². The van der Waals surface area contributed by atoms with Crippen LogP contribution in [-0.2, 0) is 6.42 Å². The van der Waals surface area contributed by atoms with Crippen molar-refractivity contribution in [2.75, 3.05) is 23.7 Å². The maximum Gasteiger partial charge on any atom is 0.132 e. The van der Waals surface area contributed by atoms with E-state index in [2.05, 4.69) is 34.4 Å². The number of nitrogens with one attached hydrogen (secondary N) is 2. The molecule has 4 nitrogen and oxygen atoms in total. The molecule has 0 saturated heterocycles. The van der Waals surface area contributed by atoms with E-state index in [0.29, 0.717) is 5.41 Å². The number of nitrogens with zero attached hydrogens (tertiary/aromatic N) is 2. The molecule has 104 valence electrons. The molecule has 0 spiro atoms. The van der Waals surface area contributed by atoms with Gasteiger partial charge in [-0.1, -0.05) is 6.92 Å². The molecule has 0 bridgehead atoms. The third-order valence-corrected chi connectivity index (χ3v) is 4.40. The number of hydrogen-bond donors (Lipinski definition) is 2. The lowest BCUT2D eigenvalue weighted by atomic mass is 10.0. The van der Waals surface area contributed by atoms with E-state index >= 15 is 0 Å². The normalized spacial score (nSPS) is 20.1. The van der Waals surface area contributed by atoms with E-state index in [1.165, 1.54) is 25.7 Å². The zero-order chi connectivity index (χ0) is 13.3. The van der Waals surface area contributed by atoms with Crippen LogP contribution in [0.4, 0.5) is 11.6 Å². The second-order valence-electron chi connectivity index (χ2n) is 5.93. The summed E-state index contributed by atoms with van der Waals surface area (Å²) in [5.41, 5.74) is 0.607. The third-order valence-electron chi connectivity index (χ3n) is 4.40. The van der Waals surface area contributed by atoms with Crippen LogP contribution in [0, 0.1) is 11.3 Å². The summed E-state index contributed by atoms with van der Waals surface area (Å²) in [6, 6.07) is 2.03. The molecule has 19 heavy (non-hydrogen) atoms. The van der Waals surface area contributed by atoms with Crippen molar-refractivity contribution in [2.24, 2.45) is 11.3 Å². The molecule has 1 heterocycles. The summed E-state index contributed by atoms with van der Waals surface area (Å²) in [6.45, 7) is 6.17. The highest BCUT2D eigenvalue weighted by atomic mass is 15.1. The molecule has 2 aliphatic rings. The predicted octanol–water partition coefficient (Wildman–Crippen LogP) is 3.07. The van der Waals surface area contributed by atoms with Gasteiger partial charge in [-0.3, -0.25) is 0 Å². The zero-order valence-electron chi connectivity index (χ0n) is 12.0. The van der Waals surface area contributed by atoms with Gasteiger partial charge in [-0.05, 0) is 43.9 Å². The molecular formula is C15H24N4. The van der Waals surface area contributed by atoms with Gasteiger partial charge in [0.2, 0.25) is 0 Å². The SMILES string of the molecule is CCNc1cc(NCC2(C3CC3)CC2)nc(CC)n1. The Kier molecular flexibility index (Phi) is 3.33. The third kappa shape index (κ3) is 2.82. The minimum absolute atomic E-state index is 0.607. The molecule has 3 rings (SSSR count). The smallest absolute Gasteiger partial charge is 0.132 e. The first-order valence-corrected chi connectivity index (χ1v) is 7.61. The minimum atomic E-state index is 0.607. The molecule has 0 unspecified atom stereocenters. The zero-order valence-corrected chi connectivity index (χ0v) is 12.0. The van der Waals surface area contributed by atoms with Crippen LogP contribution in [0.1, 0.15) is 45.4 Å². The topological polar surface area (TPSA) is 49.8 Å². The summed E-state index contributed by atoms with van der Waals surface area (Å²) in [7, 11) is 0. The highest BCUT2D eigenvalue weighted by molar-refractivity contribution is 5.48. The average Bonchev–Trinajstić information content (AvgIpc) is 3.28. The molecule has 0 amide bonds. The maximum absolute atomic E-state index is 4.58. The Bertz CT molecular complexity index is 449. The molecule has 4 heteroatoms. The number of anilines is 2. The predicted molar refractivity (Wildman–Crippen MR) is 78.5 cm³/mol. The lowest BCUT2D eigenvalue weighted by Gasteiger charge is -2.16. The van der Waals surface area contributed by atoms with Crippen molar-refractivity contribution in [2.45, 2.75) is 46.0 Å². The van der Waals surface area contributed by atoms with E-state index in [-0.39, 0.29) is 0 Å². The second-order valence-corrected chi connectivity index (χ2v) is 5.93. The molecular weight excluding hydrogens is 236 g/mol. The van der Waals surface area contributed by atoms with E-state index < -0.39 is 0 Å². The molecule has 0 aliphatic heterocycles. The first-order chi connectivity index (χ1) is 9.25. The number of aromatic nitrogens is 2. The van der Waals surface area contributed by atoms with Crippen LogP contribution < -0.4 is 10.6 Å². The Morgan fingerprint density at radius 1 is 1.16 bits per heavy atom. The first-order valence-electron chi connectivity index (χ1n) is 7.61. The van der Waals surface area contributed by atoms with Crippen molar-refractivity contribution >= 4 is 11.6 Å². The Morgan fingerprint density at radius 2 is 1.84 bits per heavy atom. The van der Waals surface area contributed by atoms with Crippen molar-refractivity contribution in [3.05, 3.63) is 11.9 Å². The van der Waals surface area contributed by atoms with E-state index in [1.54, 1.807) is 0 Å². The summed E-state index contributed by atoms with van der Waals surface area (Å²) < 4.78 is 0. The summed E-state index contributed by atoms with van der Waals surface area (Å²) in [5, 5.41) is 6.83. The molecule has 2 aliphatic carbocycles. The van der Waals surface area contributed by atoms with E-state index in [9.17, 15) is 0 Å². The van der Waals surface area contributed by atoms with Gasteiger partial charge in [0.25, 0.3) is 0 Å². The molecule has 0 atom stereocenters. The molecule has 0 radical (unpaired) electrons. The van der Waals surface area contributed by atoms with Crippen LogP contribution in [0.15, 0.2) is 6.07 Å². The van der Waals surface area contributed by atoms with Crippen LogP contribution >= 0.6 is 0 Å². The first kappa shape index (κ1) is 12.7. The van der Waals surface area contributed by atoms with E-state index in [1.807, 2.05) is 6.07 Å². The lowest BCUT2D eigenvalue weighted by Crippen LogP contribution is -2.18. The van der Waals surface area contributed by atoms with Crippen molar-refractivity contribution in [3.8, 4) is 0 Å². The van der Waals surface area contributed by atoms with Gasteiger partial charge in [0.1, 0.15) is 17.5 Å². The summed E-state index contributed by atoms with van der Waals surface area (Å²) in [6.07, 6.45) is 6.55. The fourth-order valence-electron chi connectivity index (χ4n) is 2.87. The molecule has 2 N–H and O–H groups in total. The highest BCUT2D eigenvalue weighted by Gasteiger charge is 2.53. The summed E-state index contributed by atoms with van der Waals surface area (Å²) >= 11 is 0. The Balaban J connectivity index is 1.67.